The van der Waals surface area contributed by atoms with Gasteiger partial charge in [-0.25, -0.2) is 9.53 Å². The van der Waals surface area contributed by atoms with Crippen LogP contribution in [0.2, 0.25) is 0 Å². The lowest BCUT2D eigenvalue weighted by Crippen LogP contribution is -1.99. The van der Waals surface area contributed by atoms with E-state index in [9.17, 15) is 4.79 Å². The third kappa shape index (κ3) is 1.42. The number of aromatic nitrogens is 1. The lowest BCUT2D eigenvalue weighted by atomic mass is 10.2. The van der Waals surface area contributed by atoms with Gasteiger partial charge in [-0.2, -0.15) is 5.26 Å². The van der Waals surface area contributed by atoms with Gasteiger partial charge in [-0.05, 0) is 32.0 Å². The third-order valence-electron chi connectivity index (χ3n) is 2.23. The van der Waals surface area contributed by atoms with Crippen LogP contribution in [0.25, 0.3) is 10.9 Å². The first-order valence-corrected chi connectivity index (χ1v) is 4.69. The summed E-state index contributed by atoms with van der Waals surface area (Å²) in [6.07, 6.45) is 0. The van der Waals surface area contributed by atoms with Gasteiger partial charge in [0.15, 0.2) is 0 Å². The molecular weight excluding hydrogens is 192 g/mol. The van der Waals surface area contributed by atoms with Crippen LogP contribution in [0.4, 0.5) is 0 Å². The number of benzene rings is 1. The van der Waals surface area contributed by atoms with E-state index in [0.29, 0.717) is 16.5 Å². The maximum absolute atomic E-state index is 11.4. The molecule has 0 saturated heterocycles. The number of hydrogen-bond acceptors (Lipinski definition) is 3. The van der Waals surface area contributed by atoms with Crippen molar-refractivity contribution in [1.29, 1.82) is 5.26 Å². The van der Waals surface area contributed by atoms with Gasteiger partial charge < -0.3 is 4.52 Å². The maximum atomic E-state index is 11.4. The van der Waals surface area contributed by atoms with Crippen LogP contribution in [0.5, 0.6) is 0 Å². The van der Waals surface area contributed by atoms with Crippen LogP contribution in [-0.4, -0.2) is 4.74 Å². The van der Waals surface area contributed by atoms with E-state index < -0.39 is 0 Å². The highest BCUT2D eigenvalue weighted by Crippen LogP contribution is 2.17. The van der Waals surface area contributed by atoms with E-state index in [-0.39, 0.29) is 11.7 Å². The van der Waals surface area contributed by atoms with E-state index in [1.165, 1.54) is 4.74 Å². The number of nitrogens with zero attached hydrogens (tertiary/aromatic N) is 2. The maximum Gasteiger partial charge on any atom is 0.365 e. The minimum atomic E-state index is -0.358. The molecule has 0 atom stereocenters. The Kier molecular flexibility index (Phi) is 2.09. The monoisotopic (exact) mass is 202 g/mol. The van der Waals surface area contributed by atoms with Gasteiger partial charge in [-0.15, -0.1) is 0 Å². The summed E-state index contributed by atoms with van der Waals surface area (Å²) >= 11 is 0. The zero-order valence-corrected chi connectivity index (χ0v) is 8.52. The topological polar surface area (TPSA) is 58.9 Å². The van der Waals surface area contributed by atoms with Gasteiger partial charge in [0, 0.05) is 0 Å². The molecule has 0 spiro atoms. The number of rotatable bonds is 1. The molecule has 0 aliphatic carbocycles. The fourth-order valence-electron chi connectivity index (χ4n) is 1.53. The third-order valence-corrected chi connectivity index (χ3v) is 2.23. The number of nitriles is 1. The quantitative estimate of drug-likeness (QED) is 0.711. The second kappa shape index (κ2) is 3.28. The van der Waals surface area contributed by atoms with Crippen LogP contribution >= 0.6 is 0 Å². The van der Waals surface area contributed by atoms with Crippen LogP contribution in [-0.2, 0) is 0 Å². The van der Waals surface area contributed by atoms with Crippen molar-refractivity contribution in [2.24, 2.45) is 0 Å². The van der Waals surface area contributed by atoms with Crippen molar-refractivity contribution in [3.8, 4) is 6.07 Å². The summed E-state index contributed by atoms with van der Waals surface area (Å²) in [6, 6.07) is 7.00. The second-order valence-electron chi connectivity index (χ2n) is 3.64. The van der Waals surface area contributed by atoms with Crippen LogP contribution in [0, 0.1) is 11.3 Å². The van der Waals surface area contributed by atoms with Crippen molar-refractivity contribution < 1.29 is 4.52 Å². The normalized spacial score (nSPS) is 10.8. The van der Waals surface area contributed by atoms with Gasteiger partial charge in [-0.1, -0.05) is 0 Å². The summed E-state index contributed by atoms with van der Waals surface area (Å²) in [5.41, 5.74) is 0.843. The van der Waals surface area contributed by atoms with Gasteiger partial charge in [0.2, 0.25) is 0 Å². The molecule has 1 heterocycles. The predicted octanol–water partition coefficient (Wildman–Crippen LogP) is 2.05. The van der Waals surface area contributed by atoms with E-state index in [2.05, 4.69) is 0 Å². The molecule has 0 unspecified atom stereocenters. The zero-order chi connectivity index (χ0) is 11.0. The first kappa shape index (κ1) is 9.53. The molecule has 0 saturated carbocycles. The lowest BCUT2D eigenvalue weighted by molar-refractivity contribution is 0.234. The van der Waals surface area contributed by atoms with Gasteiger partial charge in [0.25, 0.3) is 0 Å². The van der Waals surface area contributed by atoms with E-state index in [1.807, 2.05) is 19.9 Å². The Morgan fingerprint density at radius 1 is 1.47 bits per heavy atom. The molecule has 0 N–H and O–H groups in total. The van der Waals surface area contributed by atoms with Gasteiger partial charge >= 0.3 is 5.63 Å². The first-order valence-electron chi connectivity index (χ1n) is 4.69. The molecule has 1 aromatic heterocycles. The Labute approximate surface area is 86.3 Å². The standard InChI is InChI=1S/C11H10N2O2/c1-7(2)13-10-5-8(6-12)3-4-9(10)11(14)15-13/h3-5,7H,1-2H3. The van der Waals surface area contributed by atoms with Crippen molar-refractivity contribution in [1.82, 2.24) is 4.74 Å². The summed E-state index contributed by atoms with van der Waals surface area (Å²) < 4.78 is 6.60. The van der Waals surface area contributed by atoms with Crippen molar-refractivity contribution in [3.05, 3.63) is 34.2 Å². The fraction of sp³-hybridized carbons (Fsp3) is 0.273. The first-order chi connectivity index (χ1) is 7.13. The highest BCUT2D eigenvalue weighted by atomic mass is 16.5. The van der Waals surface area contributed by atoms with Crippen LogP contribution < -0.4 is 5.63 Å². The van der Waals surface area contributed by atoms with E-state index in [0.717, 1.165) is 0 Å². The Balaban J connectivity index is 2.85. The van der Waals surface area contributed by atoms with Gasteiger partial charge in [0.1, 0.15) is 0 Å². The summed E-state index contributed by atoms with van der Waals surface area (Å²) in [5.74, 6) is 0. The van der Waals surface area contributed by atoms with Crippen LogP contribution in [0.1, 0.15) is 25.5 Å². The fourth-order valence-corrected chi connectivity index (χ4v) is 1.53. The van der Waals surface area contributed by atoms with Crippen molar-refractivity contribution in [2.75, 3.05) is 0 Å². The highest BCUT2D eigenvalue weighted by molar-refractivity contribution is 5.79. The lowest BCUT2D eigenvalue weighted by Gasteiger charge is -2.04. The second-order valence-corrected chi connectivity index (χ2v) is 3.64. The molecular formula is C11H10N2O2. The van der Waals surface area contributed by atoms with E-state index in [1.54, 1.807) is 18.2 Å². The zero-order valence-electron chi connectivity index (χ0n) is 8.52. The highest BCUT2D eigenvalue weighted by Gasteiger charge is 2.11. The minimum absolute atomic E-state index is 0.0594. The Morgan fingerprint density at radius 3 is 2.80 bits per heavy atom. The number of fused-ring (bicyclic) bond motifs is 1. The summed E-state index contributed by atoms with van der Waals surface area (Å²) in [6.45, 7) is 3.84. The number of hydrogen-bond donors (Lipinski definition) is 0. The molecule has 4 heteroatoms. The van der Waals surface area contributed by atoms with Gasteiger partial charge in [0.05, 0.1) is 28.6 Å². The largest absolute Gasteiger partial charge is 0.365 e. The molecule has 1 aromatic carbocycles. The van der Waals surface area contributed by atoms with Crippen molar-refractivity contribution in [3.63, 3.8) is 0 Å². The molecule has 2 aromatic rings. The van der Waals surface area contributed by atoms with Crippen LogP contribution in [0.15, 0.2) is 27.5 Å². The minimum Gasteiger partial charge on any atom is -0.335 e. The summed E-state index contributed by atoms with van der Waals surface area (Å²) in [7, 11) is 0. The molecule has 0 aliphatic rings. The smallest absolute Gasteiger partial charge is 0.335 e. The van der Waals surface area contributed by atoms with Crippen LogP contribution in [0.3, 0.4) is 0 Å². The molecule has 0 amide bonds. The molecule has 4 nitrogen and oxygen atoms in total. The molecule has 2 rings (SSSR count). The molecule has 0 radical (unpaired) electrons. The molecule has 0 aliphatic heterocycles. The Morgan fingerprint density at radius 2 is 2.20 bits per heavy atom. The SMILES string of the molecule is CC(C)n1oc(=O)c2ccc(C#N)cc21. The molecule has 0 bridgehead atoms. The van der Waals surface area contributed by atoms with Crippen molar-refractivity contribution in [2.45, 2.75) is 19.9 Å². The van der Waals surface area contributed by atoms with E-state index in [4.69, 9.17) is 9.78 Å². The summed E-state index contributed by atoms with van der Waals surface area (Å²) in [5, 5.41) is 9.28. The molecule has 15 heavy (non-hydrogen) atoms. The van der Waals surface area contributed by atoms with Crippen molar-refractivity contribution >= 4 is 10.9 Å². The predicted molar refractivity (Wildman–Crippen MR) is 55.6 cm³/mol. The average molecular weight is 202 g/mol. The Hall–Kier alpha value is -2.02. The summed E-state index contributed by atoms with van der Waals surface area (Å²) in [4.78, 5) is 11.4. The molecule has 0 fully saturated rings. The molecule has 76 valence electrons. The Bertz CT molecular complexity index is 599. The van der Waals surface area contributed by atoms with Gasteiger partial charge in [-0.3, -0.25) is 0 Å². The average Bonchev–Trinajstić information content (AvgIpc) is 2.56. The van der Waals surface area contributed by atoms with E-state index >= 15 is 0 Å².